The standard InChI is InChI=1S/C25H48/c1-8-24-13-12-17(2)14-20(5)25(22(24)7)16-23-11-9-10-18(3)21(6)19(4)15-23/h17-25H,8-16H2,1-7H3. The molecule has 9 unspecified atom stereocenters. The Labute approximate surface area is 159 Å². The van der Waals surface area contributed by atoms with E-state index in [9.17, 15) is 0 Å². The minimum atomic E-state index is 0.915. The quantitative estimate of drug-likeness (QED) is 0.482. The predicted molar refractivity (Wildman–Crippen MR) is 113 cm³/mol. The van der Waals surface area contributed by atoms with Gasteiger partial charge in [0, 0.05) is 0 Å². The summed E-state index contributed by atoms with van der Waals surface area (Å²) in [6.45, 7) is 17.7. The van der Waals surface area contributed by atoms with Crippen LogP contribution in [-0.4, -0.2) is 0 Å². The van der Waals surface area contributed by atoms with Gasteiger partial charge in [0.1, 0.15) is 0 Å². The van der Waals surface area contributed by atoms with Crippen LogP contribution in [0.2, 0.25) is 0 Å². The van der Waals surface area contributed by atoms with Crippen molar-refractivity contribution in [2.24, 2.45) is 53.3 Å². The van der Waals surface area contributed by atoms with Crippen molar-refractivity contribution in [2.75, 3.05) is 0 Å². The summed E-state index contributed by atoms with van der Waals surface area (Å²) in [5.74, 6) is 8.50. The Kier molecular flexibility index (Phi) is 8.35. The van der Waals surface area contributed by atoms with Crippen LogP contribution < -0.4 is 0 Å². The van der Waals surface area contributed by atoms with E-state index in [4.69, 9.17) is 0 Å². The Balaban J connectivity index is 2.07. The lowest BCUT2D eigenvalue weighted by molar-refractivity contribution is 0.0858. The van der Waals surface area contributed by atoms with Gasteiger partial charge >= 0.3 is 0 Å². The summed E-state index contributed by atoms with van der Waals surface area (Å²) in [5.41, 5.74) is 0. The molecule has 2 aliphatic rings. The monoisotopic (exact) mass is 348 g/mol. The van der Waals surface area contributed by atoms with Crippen LogP contribution in [-0.2, 0) is 0 Å². The highest BCUT2D eigenvalue weighted by atomic mass is 14.4. The Morgan fingerprint density at radius 3 is 2.08 bits per heavy atom. The highest BCUT2D eigenvalue weighted by molar-refractivity contribution is 4.85. The summed E-state index contributed by atoms with van der Waals surface area (Å²) in [5, 5.41) is 0. The van der Waals surface area contributed by atoms with Crippen LogP contribution in [0, 0.1) is 53.3 Å². The van der Waals surface area contributed by atoms with Crippen molar-refractivity contribution in [1.82, 2.24) is 0 Å². The molecule has 0 heteroatoms. The Morgan fingerprint density at radius 1 is 0.680 bits per heavy atom. The molecule has 0 aromatic carbocycles. The zero-order valence-corrected chi connectivity index (χ0v) is 18.6. The molecule has 2 saturated carbocycles. The zero-order chi connectivity index (χ0) is 18.6. The van der Waals surface area contributed by atoms with Gasteiger partial charge in [-0.15, -0.1) is 0 Å². The van der Waals surface area contributed by atoms with Crippen molar-refractivity contribution in [3.8, 4) is 0 Å². The van der Waals surface area contributed by atoms with Crippen molar-refractivity contribution in [2.45, 2.75) is 106 Å². The number of hydrogen-bond donors (Lipinski definition) is 0. The van der Waals surface area contributed by atoms with Gasteiger partial charge in [0.25, 0.3) is 0 Å². The lowest BCUT2D eigenvalue weighted by atomic mass is 9.64. The summed E-state index contributed by atoms with van der Waals surface area (Å²) in [4.78, 5) is 0. The molecule has 0 amide bonds. The molecular weight excluding hydrogens is 300 g/mol. The van der Waals surface area contributed by atoms with Gasteiger partial charge in [-0.1, -0.05) is 80.6 Å². The third kappa shape index (κ3) is 5.74. The van der Waals surface area contributed by atoms with Crippen LogP contribution in [0.5, 0.6) is 0 Å². The van der Waals surface area contributed by atoms with E-state index in [1.54, 1.807) is 0 Å². The average Bonchev–Trinajstić information content (AvgIpc) is 2.56. The molecule has 2 rings (SSSR count). The van der Waals surface area contributed by atoms with E-state index in [2.05, 4.69) is 48.5 Å². The van der Waals surface area contributed by atoms with Gasteiger partial charge in [-0.05, 0) is 78.9 Å². The topological polar surface area (TPSA) is 0 Å². The summed E-state index contributed by atoms with van der Waals surface area (Å²) in [6, 6.07) is 0. The first-order valence-corrected chi connectivity index (χ1v) is 11.8. The molecule has 0 saturated heterocycles. The normalized spacial score (nSPS) is 47.4. The molecule has 0 nitrogen and oxygen atoms in total. The van der Waals surface area contributed by atoms with Crippen LogP contribution in [0.3, 0.4) is 0 Å². The van der Waals surface area contributed by atoms with Crippen molar-refractivity contribution < 1.29 is 0 Å². The van der Waals surface area contributed by atoms with Crippen molar-refractivity contribution in [3.05, 3.63) is 0 Å². The molecule has 0 spiro atoms. The molecule has 2 aliphatic carbocycles. The maximum atomic E-state index is 2.61. The minimum absolute atomic E-state index is 0.915. The van der Waals surface area contributed by atoms with E-state index in [-0.39, 0.29) is 0 Å². The molecule has 25 heavy (non-hydrogen) atoms. The molecule has 9 atom stereocenters. The first-order valence-electron chi connectivity index (χ1n) is 11.8. The Morgan fingerprint density at radius 2 is 1.40 bits per heavy atom. The number of hydrogen-bond acceptors (Lipinski definition) is 0. The second kappa shape index (κ2) is 9.80. The summed E-state index contributed by atoms with van der Waals surface area (Å²) < 4.78 is 0. The fraction of sp³-hybridized carbons (Fsp3) is 1.00. The summed E-state index contributed by atoms with van der Waals surface area (Å²) in [7, 11) is 0. The first kappa shape index (κ1) is 21.3. The first-order chi connectivity index (χ1) is 11.8. The maximum absolute atomic E-state index is 2.61. The highest BCUT2D eigenvalue weighted by Gasteiger charge is 2.35. The van der Waals surface area contributed by atoms with Crippen molar-refractivity contribution in [3.63, 3.8) is 0 Å². The average molecular weight is 349 g/mol. The molecule has 0 heterocycles. The van der Waals surface area contributed by atoms with E-state index >= 15 is 0 Å². The van der Waals surface area contributed by atoms with Gasteiger partial charge in [0.05, 0.1) is 0 Å². The molecule has 0 N–H and O–H groups in total. The van der Waals surface area contributed by atoms with Crippen LogP contribution in [0.25, 0.3) is 0 Å². The summed E-state index contributed by atoms with van der Waals surface area (Å²) in [6.07, 6.45) is 13.3. The highest BCUT2D eigenvalue weighted by Crippen LogP contribution is 2.44. The molecule has 0 aromatic rings. The molecule has 148 valence electrons. The smallest absolute Gasteiger partial charge is 0.0357 e. The Hall–Kier alpha value is 0. The van der Waals surface area contributed by atoms with Crippen molar-refractivity contribution in [1.29, 1.82) is 0 Å². The van der Waals surface area contributed by atoms with Crippen LogP contribution in [0.1, 0.15) is 106 Å². The zero-order valence-electron chi connectivity index (χ0n) is 18.6. The molecule has 0 bridgehead atoms. The lowest BCUT2D eigenvalue weighted by Gasteiger charge is -2.41. The van der Waals surface area contributed by atoms with E-state index in [0.717, 1.165) is 53.3 Å². The second-order valence-electron chi connectivity index (χ2n) is 10.7. The van der Waals surface area contributed by atoms with Gasteiger partial charge in [-0.3, -0.25) is 0 Å². The number of rotatable bonds is 3. The maximum Gasteiger partial charge on any atom is -0.0357 e. The van der Waals surface area contributed by atoms with Gasteiger partial charge in [-0.2, -0.15) is 0 Å². The van der Waals surface area contributed by atoms with Gasteiger partial charge in [0.15, 0.2) is 0 Å². The molecule has 0 aromatic heterocycles. The van der Waals surface area contributed by atoms with Crippen LogP contribution in [0.15, 0.2) is 0 Å². The second-order valence-corrected chi connectivity index (χ2v) is 10.7. The molecule has 0 radical (unpaired) electrons. The third-order valence-electron chi connectivity index (χ3n) is 8.86. The van der Waals surface area contributed by atoms with Crippen LogP contribution >= 0.6 is 0 Å². The van der Waals surface area contributed by atoms with E-state index in [1.807, 2.05) is 0 Å². The van der Waals surface area contributed by atoms with Gasteiger partial charge in [0.2, 0.25) is 0 Å². The molecule has 2 fully saturated rings. The van der Waals surface area contributed by atoms with E-state index in [0.29, 0.717) is 0 Å². The van der Waals surface area contributed by atoms with Crippen molar-refractivity contribution >= 4 is 0 Å². The SMILES string of the molecule is CCC1CCC(C)CC(C)C(CC2CCCC(C)C(C)C(C)C2)C1C. The predicted octanol–water partition coefficient (Wildman–Crippen LogP) is 8.21. The fourth-order valence-corrected chi connectivity index (χ4v) is 6.59. The van der Waals surface area contributed by atoms with Crippen LogP contribution in [0.4, 0.5) is 0 Å². The Bertz CT molecular complexity index is 372. The lowest BCUT2D eigenvalue weighted by Crippen LogP contribution is -2.32. The van der Waals surface area contributed by atoms with Gasteiger partial charge < -0.3 is 0 Å². The largest absolute Gasteiger partial charge is 0.0651 e. The fourth-order valence-electron chi connectivity index (χ4n) is 6.59. The summed E-state index contributed by atoms with van der Waals surface area (Å²) >= 11 is 0. The van der Waals surface area contributed by atoms with Gasteiger partial charge in [-0.25, -0.2) is 0 Å². The van der Waals surface area contributed by atoms with E-state index in [1.165, 1.54) is 57.8 Å². The molecule has 0 aliphatic heterocycles. The third-order valence-corrected chi connectivity index (χ3v) is 8.86. The molecular formula is C25H48. The van der Waals surface area contributed by atoms with E-state index < -0.39 is 0 Å². The minimum Gasteiger partial charge on any atom is -0.0651 e.